The van der Waals surface area contributed by atoms with Crippen molar-refractivity contribution < 1.29 is 13.9 Å². The molecule has 4 rings (SSSR count). The first-order chi connectivity index (χ1) is 15.0. The summed E-state index contributed by atoms with van der Waals surface area (Å²) in [6, 6.07) is 17.1. The third-order valence-corrected chi connectivity index (χ3v) is 5.19. The van der Waals surface area contributed by atoms with Crippen molar-refractivity contribution in [2.45, 2.75) is 27.0 Å². The molecular formula is C24H22BrN3O3. The van der Waals surface area contributed by atoms with E-state index in [1.54, 1.807) is 18.3 Å². The molecule has 0 aliphatic heterocycles. The molecule has 0 aliphatic rings. The van der Waals surface area contributed by atoms with Gasteiger partial charge in [0.1, 0.15) is 18.1 Å². The smallest absolute Gasteiger partial charge is 0.291 e. The van der Waals surface area contributed by atoms with Crippen molar-refractivity contribution in [3.8, 4) is 5.75 Å². The number of nitrogens with one attached hydrogen (secondary N) is 1. The van der Waals surface area contributed by atoms with Crippen LogP contribution in [0.1, 0.15) is 33.0 Å². The Bertz CT molecular complexity index is 1190. The van der Waals surface area contributed by atoms with Crippen molar-refractivity contribution in [3.05, 3.63) is 99.7 Å². The summed E-state index contributed by atoms with van der Waals surface area (Å²) >= 11 is 3.39. The van der Waals surface area contributed by atoms with Crippen LogP contribution >= 0.6 is 15.9 Å². The summed E-state index contributed by atoms with van der Waals surface area (Å²) in [4.78, 5) is 12.6. The van der Waals surface area contributed by atoms with Gasteiger partial charge in [0.05, 0.1) is 17.2 Å². The van der Waals surface area contributed by atoms with Crippen LogP contribution in [0.4, 0.5) is 5.69 Å². The van der Waals surface area contributed by atoms with E-state index < -0.39 is 0 Å². The number of hydrogen-bond donors (Lipinski definition) is 1. The molecule has 1 N–H and O–H groups in total. The van der Waals surface area contributed by atoms with Gasteiger partial charge in [-0.25, -0.2) is 0 Å². The summed E-state index contributed by atoms with van der Waals surface area (Å²) < 4.78 is 14.3. The van der Waals surface area contributed by atoms with Gasteiger partial charge in [0.25, 0.3) is 5.91 Å². The molecule has 0 bridgehead atoms. The van der Waals surface area contributed by atoms with E-state index in [0.29, 0.717) is 18.0 Å². The van der Waals surface area contributed by atoms with E-state index in [-0.39, 0.29) is 18.3 Å². The van der Waals surface area contributed by atoms with E-state index in [4.69, 9.17) is 9.15 Å². The van der Waals surface area contributed by atoms with Crippen LogP contribution in [0.15, 0.2) is 75.9 Å². The number of para-hydroxylation sites is 1. The number of carbonyl (C=O) groups is 1. The molecule has 0 fully saturated rings. The van der Waals surface area contributed by atoms with E-state index in [1.165, 1.54) is 0 Å². The summed E-state index contributed by atoms with van der Waals surface area (Å²) in [5.41, 5.74) is 3.84. The fourth-order valence-corrected chi connectivity index (χ4v) is 3.63. The fraction of sp³-hybridized carbons (Fsp3) is 0.167. The second kappa shape index (κ2) is 9.22. The summed E-state index contributed by atoms with van der Waals surface area (Å²) in [5.74, 6) is 1.36. The van der Waals surface area contributed by atoms with Crippen molar-refractivity contribution in [3.63, 3.8) is 0 Å². The van der Waals surface area contributed by atoms with Crippen LogP contribution in [0.3, 0.4) is 0 Å². The van der Waals surface area contributed by atoms with Gasteiger partial charge >= 0.3 is 0 Å². The molecule has 4 aromatic rings. The fourth-order valence-electron chi connectivity index (χ4n) is 3.30. The van der Waals surface area contributed by atoms with E-state index in [2.05, 4.69) is 26.3 Å². The van der Waals surface area contributed by atoms with Gasteiger partial charge in [0.15, 0.2) is 5.76 Å². The lowest BCUT2D eigenvalue weighted by Crippen LogP contribution is -2.11. The molecule has 2 aromatic heterocycles. The van der Waals surface area contributed by atoms with Crippen molar-refractivity contribution in [1.29, 1.82) is 0 Å². The molecule has 1 amide bonds. The lowest BCUT2D eigenvalue weighted by atomic mass is 10.1. The quantitative estimate of drug-likeness (QED) is 0.367. The van der Waals surface area contributed by atoms with Crippen LogP contribution in [0.5, 0.6) is 5.75 Å². The molecule has 31 heavy (non-hydrogen) atoms. The second-order valence-electron chi connectivity index (χ2n) is 7.29. The van der Waals surface area contributed by atoms with E-state index in [0.717, 1.165) is 26.9 Å². The van der Waals surface area contributed by atoms with E-state index >= 15 is 0 Å². The number of furan rings is 1. The highest BCUT2D eigenvalue weighted by molar-refractivity contribution is 9.10. The van der Waals surface area contributed by atoms with Crippen LogP contribution in [-0.2, 0) is 13.2 Å². The summed E-state index contributed by atoms with van der Waals surface area (Å²) in [7, 11) is 0. The number of halogens is 1. The number of anilines is 1. The standard InChI is InChI=1S/C24H22BrN3O3/c1-16-5-3-6-17(2)23(16)30-15-21-9-10-22(31-21)24(29)27-20-8-4-7-18(11-20)13-28-14-19(25)12-26-28/h3-12,14H,13,15H2,1-2H3,(H,27,29). The molecule has 2 heterocycles. The Morgan fingerprint density at radius 3 is 2.65 bits per heavy atom. The molecule has 0 aliphatic carbocycles. The Kier molecular flexibility index (Phi) is 6.23. The highest BCUT2D eigenvalue weighted by Crippen LogP contribution is 2.24. The topological polar surface area (TPSA) is 69.3 Å². The third kappa shape index (κ3) is 5.24. The maximum Gasteiger partial charge on any atom is 0.291 e. The molecule has 6 nitrogen and oxygen atoms in total. The molecular weight excluding hydrogens is 458 g/mol. The minimum atomic E-state index is -0.308. The molecule has 0 saturated heterocycles. The first-order valence-corrected chi connectivity index (χ1v) is 10.6. The molecule has 0 spiro atoms. The molecule has 0 atom stereocenters. The van der Waals surface area contributed by atoms with Gasteiger partial charge < -0.3 is 14.5 Å². The average molecular weight is 480 g/mol. The molecule has 158 valence electrons. The van der Waals surface area contributed by atoms with E-state index in [1.807, 2.05) is 67.2 Å². The summed E-state index contributed by atoms with van der Waals surface area (Å²) in [5, 5.41) is 7.14. The lowest BCUT2D eigenvalue weighted by molar-refractivity contribution is 0.0992. The number of nitrogens with zero attached hydrogens (tertiary/aromatic N) is 2. The number of amides is 1. The number of aryl methyl sites for hydroxylation is 2. The zero-order valence-electron chi connectivity index (χ0n) is 17.3. The zero-order chi connectivity index (χ0) is 21.8. The number of rotatable bonds is 7. The Balaban J connectivity index is 1.38. The predicted molar refractivity (Wildman–Crippen MR) is 122 cm³/mol. The van der Waals surface area contributed by atoms with Gasteiger partial charge in [-0.1, -0.05) is 30.3 Å². The largest absolute Gasteiger partial charge is 0.485 e. The number of ether oxygens (including phenoxy) is 1. The average Bonchev–Trinajstić information content (AvgIpc) is 3.37. The van der Waals surface area contributed by atoms with Gasteiger partial charge in [-0.2, -0.15) is 5.10 Å². The maximum absolute atomic E-state index is 12.6. The Morgan fingerprint density at radius 2 is 1.90 bits per heavy atom. The molecule has 2 aromatic carbocycles. The number of carbonyl (C=O) groups excluding carboxylic acids is 1. The van der Waals surface area contributed by atoms with Crippen LogP contribution in [0, 0.1) is 13.8 Å². The van der Waals surface area contributed by atoms with Crippen LogP contribution in [0.2, 0.25) is 0 Å². The first-order valence-electron chi connectivity index (χ1n) is 9.84. The van der Waals surface area contributed by atoms with Crippen molar-refractivity contribution >= 4 is 27.5 Å². The highest BCUT2D eigenvalue weighted by Gasteiger charge is 2.13. The number of benzene rings is 2. The monoisotopic (exact) mass is 479 g/mol. The Labute approximate surface area is 189 Å². The van der Waals surface area contributed by atoms with Gasteiger partial charge in [0.2, 0.25) is 0 Å². The van der Waals surface area contributed by atoms with Crippen LogP contribution in [-0.4, -0.2) is 15.7 Å². The van der Waals surface area contributed by atoms with Crippen LogP contribution < -0.4 is 10.1 Å². The van der Waals surface area contributed by atoms with Gasteiger partial charge in [-0.05, 0) is 70.7 Å². The predicted octanol–water partition coefficient (Wildman–Crippen LogP) is 5.74. The molecule has 7 heteroatoms. The van der Waals surface area contributed by atoms with Crippen LogP contribution in [0.25, 0.3) is 0 Å². The van der Waals surface area contributed by atoms with E-state index in [9.17, 15) is 4.79 Å². The molecule has 0 unspecified atom stereocenters. The lowest BCUT2D eigenvalue weighted by Gasteiger charge is -2.10. The SMILES string of the molecule is Cc1cccc(C)c1OCc1ccc(C(=O)Nc2cccc(Cn3cc(Br)cn3)c2)o1. The normalized spacial score (nSPS) is 10.8. The second-order valence-corrected chi connectivity index (χ2v) is 8.20. The van der Waals surface area contributed by atoms with Gasteiger partial charge in [-0.3, -0.25) is 9.48 Å². The number of hydrogen-bond acceptors (Lipinski definition) is 4. The van der Waals surface area contributed by atoms with Crippen molar-refractivity contribution in [1.82, 2.24) is 9.78 Å². The highest BCUT2D eigenvalue weighted by atomic mass is 79.9. The van der Waals surface area contributed by atoms with Crippen molar-refractivity contribution in [2.24, 2.45) is 0 Å². The molecule has 0 saturated carbocycles. The van der Waals surface area contributed by atoms with Gasteiger partial charge in [0, 0.05) is 11.9 Å². The zero-order valence-corrected chi connectivity index (χ0v) is 18.8. The summed E-state index contributed by atoms with van der Waals surface area (Å²) in [6.45, 7) is 4.87. The maximum atomic E-state index is 12.6. The minimum absolute atomic E-state index is 0.238. The Morgan fingerprint density at radius 1 is 1.13 bits per heavy atom. The first kappa shape index (κ1) is 20.9. The number of aromatic nitrogens is 2. The molecule has 0 radical (unpaired) electrons. The minimum Gasteiger partial charge on any atom is -0.485 e. The third-order valence-electron chi connectivity index (χ3n) is 4.78. The van der Waals surface area contributed by atoms with Gasteiger partial charge in [-0.15, -0.1) is 0 Å². The Hall–Kier alpha value is -3.32. The summed E-state index contributed by atoms with van der Waals surface area (Å²) in [6.07, 6.45) is 3.64. The van der Waals surface area contributed by atoms with Crippen molar-refractivity contribution in [2.75, 3.05) is 5.32 Å².